The van der Waals surface area contributed by atoms with Crippen molar-refractivity contribution in [1.82, 2.24) is 0 Å². The van der Waals surface area contributed by atoms with Crippen molar-refractivity contribution in [3.05, 3.63) is 27.8 Å². The molecule has 0 saturated carbocycles. The van der Waals surface area contributed by atoms with Crippen LogP contribution >= 0.6 is 0 Å². The van der Waals surface area contributed by atoms with Crippen molar-refractivity contribution in [3.63, 3.8) is 0 Å². The normalized spacial score (nSPS) is 14.6. The highest BCUT2D eigenvalue weighted by Crippen LogP contribution is 2.44. The number of carbonyl (C=O) groups is 2. The molecule has 5 heteroatoms. The maximum Gasteiger partial charge on any atom is 0.324 e. The fourth-order valence-corrected chi connectivity index (χ4v) is 8.22. The van der Waals surface area contributed by atoms with Crippen LogP contribution in [-0.2, 0) is 51.2 Å². The lowest BCUT2D eigenvalue weighted by Crippen LogP contribution is -2.44. The van der Waals surface area contributed by atoms with Crippen LogP contribution in [0.1, 0.15) is 101 Å². The van der Waals surface area contributed by atoms with Crippen molar-refractivity contribution in [2.75, 3.05) is 13.2 Å². The average Bonchev–Trinajstić information content (AvgIpc) is 3.21. The molecule has 0 aromatic heterocycles. The lowest BCUT2D eigenvalue weighted by Gasteiger charge is -2.31. The van der Waals surface area contributed by atoms with Gasteiger partial charge in [0.2, 0.25) is 0 Å². The lowest BCUT2D eigenvalue weighted by atomic mass is 9.84. The molecule has 198 valence electrons. The topological polar surface area (TPSA) is 52.6 Å². The molecule has 0 fully saturated rings. The summed E-state index contributed by atoms with van der Waals surface area (Å²) in [5.74, 6) is -0.829. The zero-order chi connectivity index (χ0) is 26.2. The molecule has 0 unspecified atom stereocenters. The van der Waals surface area contributed by atoms with Gasteiger partial charge in [-0.05, 0) is 80.2 Å². The van der Waals surface area contributed by atoms with Gasteiger partial charge in [-0.2, -0.15) is 0 Å². The average molecular weight is 503 g/mol. The second kappa shape index (κ2) is 13.1. The van der Waals surface area contributed by atoms with Gasteiger partial charge in [0.05, 0.1) is 21.3 Å². The third kappa shape index (κ3) is 6.39. The van der Waals surface area contributed by atoms with Gasteiger partial charge in [0.1, 0.15) is 0 Å². The van der Waals surface area contributed by atoms with Gasteiger partial charge in [-0.15, -0.1) is 0 Å². The van der Waals surface area contributed by atoms with Crippen molar-refractivity contribution >= 4 is 25.2 Å². The Morgan fingerprint density at radius 1 is 0.686 bits per heavy atom. The van der Waals surface area contributed by atoms with E-state index >= 15 is 0 Å². The Balaban J connectivity index is 2.90. The predicted octanol–water partition coefficient (Wildman–Crippen LogP) is 6.47. The highest BCUT2D eigenvalue weighted by Gasteiger charge is 2.54. The molecule has 0 bridgehead atoms. The van der Waals surface area contributed by atoms with E-state index in [0.29, 0.717) is 12.8 Å². The quantitative estimate of drug-likeness (QED) is 0.166. The number of rotatable bonds is 14. The molecular weight excluding hydrogens is 452 g/mol. The van der Waals surface area contributed by atoms with E-state index in [1.54, 1.807) is 10.8 Å². The van der Waals surface area contributed by atoms with E-state index in [1.165, 1.54) is 28.7 Å². The van der Waals surface area contributed by atoms with Crippen molar-refractivity contribution in [1.29, 1.82) is 0 Å². The molecule has 1 aliphatic carbocycles. The Morgan fingerprint density at radius 3 is 1.49 bits per heavy atom. The number of fused-ring (bicyclic) bond motifs is 1. The number of unbranched alkanes of at least 4 members (excludes halogenated alkanes) is 3. The molecule has 1 aromatic carbocycles. The molecule has 0 amide bonds. The number of benzene rings is 1. The number of hydrogen-bond donors (Lipinski definition) is 0. The van der Waals surface area contributed by atoms with Crippen LogP contribution in [0.3, 0.4) is 0 Å². The minimum absolute atomic E-state index is 0.267. The number of ether oxygens (including phenoxy) is 2. The molecule has 0 radical (unpaired) electrons. The second-order valence-electron chi connectivity index (χ2n) is 11.2. The molecule has 0 saturated heterocycles. The van der Waals surface area contributed by atoms with Crippen LogP contribution in [0.25, 0.3) is 0 Å². The molecule has 4 nitrogen and oxygen atoms in total. The van der Waals surface area contributed by atoms with Crippen LogP contribution in [0.4, 0.5) is 0 Å². The Bertz CT molecular complexity index is 864. The van der Waals surface area contributed by atoms with Crippen molar-refractivity contribution in [2.45, 2.75) is 125 Å². The first-order valence-electron chi connectivity index (χ1n) is 14.2. The van der Waals surface area contributed by atoms with Gasteiger partial charge >= 0.3 is 11.9 Å². The summed E-state index contributed by atoms with van der Waals surface area (Å²) in [5.41, 5.74) is 5.71. The van der Waals surface area contributed by atoms with E-state index in [4.69, 9.17) is 9.47 Å². The summed E-state index contributed by atoms with van der Waals surface area (Å²) >= 11 is 0. The first kappa shape index (κ1) is 29.6. The van der Waals surface area contributed by atoms with E-state index in [9.17, 15) is 9.59 Å². The number of carbonyl (C=O) groups excluding carboxylic acids is 2. The van der Waals surface area contributed by atoms with Crippen molar-refractivity contribution in [2.24, 2.45) is 5.41 Å². The summed E-state index contributed by atoms with van der Waals surface area (Å²) < 4.78 is 11.1. The minimum atomic E-state index is -1.70. The molecule has 0 atom stereocenters. The van der Waals surface area contributed by atoms with Crippen LogP contribution in [0, 0.1) is 5.41 Å². The minimum Gasteiger partial charge on any atom is -0.465 e. The molecule has 2 rings (SSSR count). The molecule has 1 aromatic rings. The first-order valence-corrected chi connectivity index (χ1v) is 17.7. The largest absolute Gasteiger partial charge is 0.465 e. The first-order chi connectivity index (χ1) is 16.6. The van der Waals surface area contributed by atoms with E-state index in [-0.39, 0.29) is 13.2 Å². The van der Waals surface area contributed by atoms with E-state index in [2.05, 4.69) is 40.4 Å². The van der Waals surface area contributed by atoms with Crippen LogP contribution in [0.2, 0.25) is 19.6 Å². The Labute approximate surface area is 215 Å². The molecule has 0 heterocycles. The van der Waals surface area contributed by atoms with Crippen molar-refractivity contribution in [3.8, 4) is 0 Å². The Kier molecular flexibility index (Phi) is 11.1. The highest BCUT2D eigenvalue weighted by atomic mass is 28.3. The molecule has 0 spiro atoms. The summed E-state index contributed by atoms with van der Waals surface area (Å²) in [5, 5.41) is 1.60. The third-order valence-electron chi connectivity index (χ3n) is 7.44. The van der Waals surface area contributed by atoms with Crippen LogP contribution in [0.5, 0.6) is 0 Å². The highest BCUT2D eigenvalue weighted by molar-refractivity contribution is 6.89. The van der Waals surface area contributed by atoms with E-state index < -0.39 is 25.4 Å². The molecule has 35 heavy (non-hydrogen) atoms. The van der Waals surface area contributed by atoms with Gasteiger partial charge in [0.15, 0.2) is 5.41 Å². The van der Waals surface area contributed by atoms with Gasteiger partial charge < -0.3 is 9.47 Å². The van der Waals surface area contributed by atoms with Crippen LogP contribution in [0.15, 0.2) is 0 Å². The second-order valence-corrected chi connectivity index (χ2v) is 16.2. The molecule has 0 aliphatic heterocycles. The zero-order valence-electron chi connectivity index (χ0n) is 23.8. The van der Waals surface area contributed by atoms with Crippen LogP contribution < -0.4 is 5.19 Å². The summed E-state index contributed by atoms with van der Waals surface area (Å²) in [6, 6.07) is 0. The number of esters is 2. The maximum atomic E-state index is 13.4. The van der Waals surface area contributed by atoms with Crippen LogP contribution in [-0.4, -0.2) is 33.2 Å². The summed E-state index contributed by atoms with van der Waals surface area (Å²) in [7, 11) is -1.70. The van der Waals surface area contributed by atoms with E-state index in [1.807, 2.05) is 13.8 Å². The Morgan fingerprint density at radius 2 is 1.09 bits per heavy atom. The molecule has 1 aliphatic rings. The SMILES string of the molecule is CCCCc1c2c(c(CCCC)c([Si](C)(C)C)c1CCCC)CC(C(=O)OCC)(C(=O)OCC)C2. The zero-order valence-corrected chi connectivity index (χ0v) is 24.8. The van der Waals surface area contributed by atoms with Gasteiger partial charge in [0, 0.05) is 12.8 Å². The fraction of sp³-hybridized carbons (Fsp3) is 0.733. The summed E-state index contributed by atoms with van der Waals surface area (Å²) in [6.45, 7) is 18.3. The summed E-state index contributed by atoms with van der Waals surface area (Å²) in [4.78, 5) is 26.9. The Hall–Kier alpha value is -1.62. The van der Waals surface area contributed by atoms with Gasteiger partial charge in [-0.25, -0.2) is 0 Å². The van der Waals surface area contributed by atoms with E-state index in [0.717, 1.165) is 51.4 Å². The maximum absolute atomic E-state index is 13.4. The van der Waals surface area contributed by atoms with Gasteiger partial charge in [-0.1, -0.05) is 64.9 Å². The number of hydrogen-bond acceptors (Lipinski definition) is 4. The predicted molar refractivity (Wildman–Crippen MR) is 148 cm³/mol. The van der Waals surface area contributed by atoms with Gasteiger partial charge in [0.25, 0.3) is 0 Å². The molecular formula is C30H50O4Si. The smallest absolute Gasteiger partial charge is 0.324 e. The lowest BCUT2D eigenvalue weighted by molar-refractivity contribution is -0.171. The third-order valence-corrected chi connectivity index (χ3v) is 9.54. The van der Waals surface area contributed by atoms with Gasteiger partial charge in [-0.3, -0.25) is 9.59 Å². The standard InChI is InChI=1S/C30H50O4Si/c1-9-14-17-22-23(18-15-10-2)27(35(6,7)8)24(19-16-11-3)26-21-30(20-25(22)26,28(31)33-12-4)29(32)34-13-5/h9-21H2,1-8H3. The monoisotopic (exact) mass is 502 g/mol. The molecule has 0 N–H and O–H groups in total. The van der Waals surface area contributed by atoms with Crippen molar-refractivity contribution < 1.29 is 19.1 Å². The fourth-order valence-electron chi connectivity index (χ4n) is 5.85. The summed E-state index contributed by atoms with van der Waals surface area (Å²) in [6.07, 6.45) is 10.8.